The maximum absolute atomic E-state index is 11.8. The number of rotatable bonds is 6. The molecule has 0 aliphatic heterocycles. The van der Waals surface area contributed by atoms with E-state index in [4.69, 9.17) is 4.42 Å². The molecule has 0 N–H and O–H groups in total. The van der Waals surface area contributed by atoms with Crippen molar-refractivity contribution in [3.05, 3.63) is 82.2 Å². The Balaban J connectivity index is 1.81. The van der Waals surface area contributed by atoms with Crippen LogP contribution in [-0.2, 0) is 11.3 Å². The molecule has 2 aromatic carbocycles. The number of carboxylic acids is 1. The summed E-state index contributed by atoms with van der Waals surface area (Å²) in [6.07, 6.45) is 1.62. The van der Waals surface area contributed by atoms with E-state index in [2.05, 4.69) is 26.9 Å². The smallest absolute Gasteiger partial charge is 0.281 e. The van der Waals surface area contributed by atoms with Crippen LogP contribution in [0, 0.1) is 13.8 Å². The maximum Gasteiger partial charge on any atom is 0.281 e. The number of aliphatic carboxylic acids is 1. The molecule has 2 aromatic heterocycles. The molecule has 0 fully saturated rings. The van der Waals surface area contributed by atoms with E-state index < -0.39 is 5.97 Å². The summed E-state index contributed by atoms with van der Waals surface area (Å²) in [5.41, 5.74) is 4.01. The van der Waals surface area contributed by atoms with E-state index in [0.29, 0.717) is 12.4 Å². The van der Waals surface area contributed by atoms with Gasteiger partial charge in [0.15, 0.2) is 0 Å². The summed E-state index contributed by atoms with van der Waals surface area (Å²) >= 11 is 0.893. The fourth-order valence-corrected chi connectivity index (χ4v) is 3.98. The Labute approximate surface area is 171 Å². The van der Waals surface area contributed by atoms with Gasteiger partial charge in [0.25, 0.3) is 5.22 Å². The minimum atomic E-state index is -1.29. The van der Waals surface area contributed by atoms with E-state index in [1.165, 1.54) is 5.56 Å². The van der Waals surface area contributed by atoms with Crippen molar-refractivity contribution in [3.63, 3.8) is 0 Å². The van der Waals surface area contributed by atoms with Crippen molar-refractivity contribution in [2.45, 2.75) is 25.6 Å². The summed E-state index contributed by atoms with van der Waals surface area (Å²) < 4.78 is 7.49. The Morgan fingerprint density at radius 1 is 1.10 bits per heavy atom. The predicted octanol–water partition coefficient (Wildman–Crippen LogP) is 3.57. The third-order valence-corrected chi connectivity index (χ3v) is 5.49. The molecular weight excluding hydrogens is 386 g/mol. The first kappa shape index (κ1) is 19.0. The molecule has 4 rings (SSSR count). The number of aromatic nitrogens is 3. The average Bonchev–Trinajstić information content (AvgIpc) is 3.24. The maximum atomic E-state index is 11.8. The molecule has 0 aliphatic carbocycles. The lowest BCUT2D eigenvalue weighted by Crippen LogP contribution is -2.23. The average molecular weight is 404 g/mol. The lowest BCUT2D eigenvalue weighted by atomic mass is 10.1. The number of benzene rings is 2. The molecule has 0 saturated heterocycles. The molecule has 0 bridgehead atoms. The van der Waals surface area contributed by atoms with Gasteiger partial charge in [-0.1, -0.05) is 48.5 Å². The van der Waals surface area contributed by atoms with Crippen LogP contribution in [0.25, 0.3) is 17.0 Å². The number of carbonyl (C=O) groups is 1. The highest BCUT2D eigenvalue weighted by molar-refractivity contribution is 8.03. The second-order valence-electron chi connectivity index (χ2n) is 6.57. The Bertz CT molecular complexity index is 1210. The third kappa shape index (κ3) is 3.95. The number of hydrogen-bond donors (Lipinski definition) is 0. The third-order valence-electron chi connectivity index (χ3n) is 4.64. The van der Waals surface area contributed by atoms with E-state index >= 15 is 0 Å². The summed E-state index contributed by atoms with van der Waals surface area (Å²) in [4.78, 5) is 11.8. The quantitative estimate of drug-likeness (QED) is 0.361. The van der Waals surface area contributed by atoms with E-state index in [0.717, 1.165) is 33.9 Å². The first-order valence-electron chi connectivity index (χ1n) is 9.05. The van der Waals surface area contributed by atoms with Gasteiger partial charge in [-0.25, -0.2) is 0 Å². The van der Waals surface area contributed by atoms with Gasteiger partial charge in [-0.05, 0) is 36.4 Å². The normalized spacial score (nSPS) is 11.9. The van der Waals surface area contributed by atoms with Crippen LogP contribution in [0.2, 0.25) is 0 Å². The fraction of sp³-hybridized carbons (Fsp3) is 0.136. The highest BCUT2D eigenvalue weighted by Crippen LogP contribution is 2.32. The zero-order valence-corrected chi connectivity index (χ0v) is 16.8. The van der Waals surface area contributed by atoms with Gasteiger partial charge < -0.3 is 18.9 Å². The zero-order valence-electron chi connectivity index (χ0n) is 16.0. The van der Waals surface area contributed by atoms with Crippen molar-refractivity contribution in [3.8, 4) is 0 Å². The van der Waals surface area contributed by atoms with Crippen LogP contribution in [0.5, 0.6) is 0 Å². The zero-order chi connectivity index (χ0) is 20.4. The Morgan fingerprint density at radius 3 is 2.52 bits per heavy atom. The molecule has 7 heteroatoms. The number of para-hydroxylation sites is 1. The highest BCUT2D eigenvalue weighted by atomic mass is 32.2. The van der Waals surface area contributed by atoms with Crippen molar-refractivity contribution in [2.24, 2.45) is 0 Å². The van der Waals surface area contributed by atoms with E-state index in [-0.39, 0.29) is 10.1 Å². The largest absolute Gasteiger partial charge is 0.544 e. The molecule has 2 heterocycles. The highest BCUT2D eigenvalue weighted by Gasteiger charge is 2.15. The lowest BCUT2D eigenvalue weighted by molar-refractivity contribution is -0.298. The molecule has 29 heavy (non-hydrogen) atoms. The summed E-state index contributed by atoms with van der Waals surface area (Å²) in [5.74, 6) is -0.911. The minimum Gasteiger partial charge on any atom is -0.544 e. The first-order chi connectivity index (χ1) is 14.0. The Morgan fingerprint density at radius 2 is 1.83 bits per heavy atom. The Hall–Kier alpha value is -3.32. The number of carboxylic acid groups (broad SMARTS) is 1. The van der Waals surface area contributed by atoms with Gasteiger partial charge in [0.05, 0.1) is 5.97 Å². The second kappa shape index (κ2) is 7.97. The van der Waals surface area contributed by atoms with Crippen molar-refractivity contribution in [1.29, 1.82) is 0 Å². The second-order valence-corrected chi connectivity index (χ2v) is 7.57. The molecule has 0 atom stereocenters. The van der Waals surface area contributed by atoms with Crippen LogP contribution in [0.3, 0.4) is 0 Å². The molecule has 6 nitrogen and oxygen atoms in total. The number of nitrogens with zero attached hydrogens (tertiary/aromatic N) is 3. The van der Waals surface area contributed by atoms with Crippen LogP contribution >= 0.6 is 11.8 Å². The molecule has 0 aliphatic rings. The van der Waals surface area contributed by atoms with Crippen LogP contribution in [0.1, 0.15) is 22.7 Å². The van der Waals surface area contributed by atoms with Crippen molar-refractivity contribution >= 4 is 34.7 Å². The first-order valence-corrected chi connectivity index (χ1v) is 9.87. The van der Waals surface area contributed by atoms with Gasteiger partial charge in [0, 0.05) is 40.5 Å². The molecule has 0 radical (unpaired) electrons. The van der Waals surface area contributed by atoms with Crippen LogP contribution in [-0.4, -0.2) is 20.7 Å². The summed E-state index contributed by atoms with van der Waals surface area (Å²) in [6, 6.07) is 18.1. The van der Waals surface area contributed by atoms with Crippen LogP contribution < -0.4 is 5.11 Å². The van der Waals surface area contributed by atoms with Crippen molar-refractivity contribution < 1.29 is 14.3 Å². The standard InChI is InChI=1S/C22H19N3O3S/c1-14-18(12-20(21(26)27)29-22-24-23-15(2)28-22)17-10-6-7-11-19(17)25(14)13-16-8-4-3-5-9-16/h3-12H,13H2,1-2H3,(H,26,27)/p-1/b20-12-. The van der Waals surface area contributed by atoms with Gasteiger partial charge >= 0.3 is 0 Å². The summed E-state index contributed by atoms with van der Waals surface area (Å²) in [7, 11) is 0. The monoisotopic (exact) mass is 404 g/mol. The van der Waals surface area contributed by atoms with Crippen molar-refractivity contribution in [1.82, 2.24) is 14.8 Å². The van der Waals surface area contributed by atoms with Gasteiger partial charge in [-0.15, -0.1) is 10.2 Å². The molecule has 0 saturated carbocycles. The molecule has 0 spiro atoms. The molecule has 146 valence electrons. The number of hydrogen-bond acceptors (Lipinski definition) is 6. The van der Waals surface area contributed by atoms with E-state index in [9.17, 15) is 9.90 Å². The molecular formula is C22H18N3O3S-. The van der Waals surface area contributed by atoms with Crippen LogP contribution in [0.15, 0.2) is 69.1 Å². The van der Waals surface area contributed by atoms with Gasteiger partial charge in [-0.3, -0.25) is 0 Å². The van der Waals surface area contributed by atoms with E-state index in [1.54, 1.807) is 13.0 Å². The lowest BCUT2D eigenvalue weighted by Gasteiger charge is -2.09. The predicted molar refractivity (Wildman–Crippen MR) is 110 cm³/mol. The van der Waals surface area contributed by atoms with Gasteiger partial charge in [0.2, 0.25) is 5.89 Å². The number of aryl methyl sites for hydroxylation is 1. The number of fused-ring (bicyclic) bond motifs is 1. The molecule has 0 amide bonds. The van der Waals surface area contributed by atoms with Crippen LogP contribution in [0.4, 0.5) is 0 Å². The molecule has 4 aromatic rings. The summed E-state index contributed by atoms with van der Waals surface area (Å²) in [6.45, 7) is 4.33. The number of thioether (sulfide) groups is 1. The number of carbonyl (C=O) groups excluding carboxylic acids is 1. The minimum absolute atomic E-state index is 0.0133. The fourth-order valence-electron chi connectivity index (χ4n) is 3.28. The topological polar surface area (TPSA) is 84.0 Å². The van der Waals surface area contributed by atoms with Gasteiger partial charge in [0.1, 0.15) is 0 Å². The summed E-state index contributed by atoms with van der Waals surface area (Å²) in [5, 5.41) is 20.5. The van der Waals surface area contributed by atoms with Crippen molar-refractivity contribution in [2.75, 3.05) is 0 Å². The SMILES string of the molecule is Cc1nnc(S/C(=C\c2c(C)n(Cc3ccccc3)c3ccccc23)C(=O)[O-])o1. The molecule has 0 unspecified atom stereocenters. The Kier molecular flexibility index (Phi) is 5.22. The van der Waals surface area contributed by atoms with Gasteiger partial charge in [-0.2, -0.15) is 0 Å². The van der Waals surface area contributed by atoms with E-state index in [1.807, 2.05) is 49.4 Å².